The molecule has 0 rings (SSSR count). The Morgan fingerprint density at radius 2 is 0.831 bits per heavy atom. The zero-order valence-corrected chi connectivity index (χ0v) is 42.3. The third-order valence-corrected chi connectivity index (χ3v) is 11.8. The number of aliphatic hydroxyl groups is 2. The Hall–Kier alpha value is -3.22. The summed E-state index contributed by atoms with van der Waals surface area (Å²) in [6.07, 6.45) is 68.9. The van der Waals surface area contributed by atoms with Gasteiger partial charge in [0, 0.05) is 6.42 Å². The van der Waals surface area contributed by atoms with Crippen LogP contribution < -0.4 is 5.32 Å². The number of esters is 1. The first-order valence-electron chi connectivity index (χ1n) is 27.1. The molecule has 6 heteroatoms. The summed E-state index contributed by atoms with van der Waals surface area (Å²) in [7, 11) is 0. The summed E-state index contributed by atoms with van der Waals surface area (Å²) < 4.78 is 5.90. The molecule has 0 spiro atoms. The van der Waals surface area contributed by atoms with Crippen LogP contribution in [0.25, 0.3) is 0 Å². The van der Waals surface area contributed by atoms with Gasteiger partial charge in [-0.05, 0) is 70.6 Å². The number of rotatable bonds is 47. The maximum absolute atomic E-state index is 13.2. The highest BCUT2D eigenvalue weighted by Gasteiger charge is 2.24. The van der Waals surface area contributed by atoms with Crippen molar-refractivity contribution in [1.82, 2.24) is 5.32 Å². The van der Waals surface area contributed by atoms with Gasteiger partial charge in [0.15, 0.2) is 0 Å². The second-order valence-corrected chi connectivity index (χ2v) is 18.1. The molecule has 0 aliphatic carbocycles. The van der Waals surface area contributed by atoms with E-state index in [1.54, 1.807) is 0 Å². The van der Waals surface area contributed by atoms with Crippen LogP contribution in [0.5, 0.6) is 0 Å². The Balaban J connectivity index is 4.68. The van der Waals surface area contributed by atoms with Crippen LogP contribution >= 0.6 is 0 Å². The lowest BCUT2D eigenvalue weighted by Gasteiger charge is -2.24. The standard InChI is InChI=1S/C59H101NO5/c1-4-7-10-13-16-19-22-25-27-29-31-34-36-39-42-45-48-51-57(62)56(54-61)60-58(63)53-55(50-47-44-41-38-35-33-30-28-26-23-20-17-14-11-8-5-2)65-59(64)52-49-46-43-40-37-32-24-21-18-15-12-9-6-3/h9,12,15,17-18,20-21,23-24,26,28,30,32-33,35,37,55-57,61-62H,4-8,10-11,13-14,16,19,22,25,27,29,31,34,36,38-54H2,1-3H3,(H,60,63)/b12-9+,18-15+,20-17+,24-21-,26-23+,30-28+,35-33+,37-32-. The Kier molecular flexibility index (Phi) is 49.2. The number of aliphatic hydroxyl groups excluding tert-OH is 2. The summed E-state index contributed by atoms with van der Waals surface area (Å²) in [5.74, 6) is -0.564. The van der Waals surface area contributed by atoms with Crippen molar-refractivity contribution in [1.29, 1.82) is 0 Å². The van der Waals surface area contributed by atoms with E-state index in [1.165, 1.54) is 109 Å². The van der Waals surface area contributed by atoms with Gasteiger partial charge in [-0.1, -0.05) is 253 Å². The molecule has 0 bridgehead atoms. The van der Waals surface area contributed by atoms with Crippen LogP contribution in [0, 0.1) is 0 Å². The highest BCUT2D eigenvalue weighted by Crippen LogP contribution is 2.17. The second kappa shape index (κ2) is 51.8. The lowest BCUT2D eigenvalue weighted by molar-refractivity contribution is -0.151. The second-order valence-electron chi connectivity index (χ2n) is 18.1. The quantitative estimate of drug-likeness (QED) is 0.0321. The Morgan fingerprint density at radius 3 is 1.29 bits per heavy atom. The molecule has 65 heavy (non-hydrogen) atoms. The zero-order valence-electron chi connectivity index (χ0n) is 42.3. The van der Waals surface area contributed by atoms with Gasteiger partial charge in [-0.25, -0.2) is 0 Å². The monoisotopic (exact) mass is 904 g/mol. The van der Waals surface area contributed by atoms with Crippen LogP contribution in [-0.2, 0) is 14.3 Å². The summed E-state index contributed by atoms with van der Waals surface area (Å²) in [6, 6.07) is -0.729. The predicted octanol–water partition coefficient (Wildman–Crippen LogP) is 16.5. The van der Waals surface area contributed by atoms with Crippen molar-refractivity contribution in [2.75, 3.05) is 6.61 Å². The molecule has 3 atom stereocenters. The minimum Gasteiger partial charge on any atom is -0.462 e. The molecule has 0 fully saturated rings. The molecule has 0 aromatic carbocycles. The Labute approximate surface area is 401 Å². The van der Waals surface area contributed by atoms with Crippen molar-refractivity contribution in [2.45, 2.75) is 257 Å². The maximum atomic E-state index is 13.2. The number of amides is 1. The van der Waals surface area contributed by atoms with E-state index >= 15 is 0 Å². The van der Waals surface area contributed by atoms with Crippen LogP contribution in [0.4, 0.5) is 0 Å². The fourth-order valence-electron chi connectivity index (χ4n) is 7.75. The molecule has 0 radical (unpaired) electrons. The number of unbranched alkanes of at least 4 members (excludes halogenated alkanes) is 25. The van der Waals surface area contributed by atoms with E-state index in [-0.39, 0.29) is 24.9 Å². The molecular formula is C59H101NO5. The van der Waals surface area contributed by atoms with Crippen LogP contribution in [-0.4, -0.2) is 46.9 Å². The molecule has 0 aliphatic rings. The van der Waals surface area contributed by atoms with Crippen molar-refractivity contribution in [3.05, 3.63) is 97.2 Å². The summed E-state index contributed by atoms with van der Waals surface area (Å²) in [5, 5.41) is 23.8. The summed E-state index contributed by atoms with van der Waals surface area (Å²) in [5.41, 5.74) is 0. The number of allylic oxidation sites excluding steroid dienone is 16. The molecule has 1 amide bonds. The average molecular weight is 904 g/mol. The first-order chi connectivity index (χ1) is 32.0. The number of carbonyl (C=O) groups excluding carboxylic acids is 2. The van der Waals surface area contributed by atoms with E-state index in [9.17, 15) is 19.8 Å². The lowest BCUT2D eigenvalue weighted by Crippen LogP contribution is -2.46. The molecule has 3 N–H and O–H groups in total. The molecule has 0 aromatic heterocycles. The third kappa shape index (κ3) is 47.1. The fraction of sp³-hybridized carbons (Fsp3) is 0.695. The molecule has 0 heterocycles. The van der Waals surface area contributed by atoms with E-state index in [0.29, 0.717) is 19.3 Å². The van der Waals surface area contributed by atoms with Crippen LogP contribution in [0.3, 0.4) is 0 Å². The SMILES string of the molecule is CC/C=C/C=C/C=C\C=C/CCCCCC(=O)OC(CCCCC/C=C/C=C/C=C/C=C/CCCCC)CC(=O)NC(CO)C(O)CCCCCCCCCCCCCCCCCCC. The summed E-state index contributed by atoms with van der Waals surface area (Å²) in [6.45, 7) is 6.29. The Bertz CT molecular complexity index is 1290. The van der Waals surface area contributed by atoms with E-state index < -0.39 is 18.2 Å². The number of nitrogens with one attached hydrogen (secondary N) is 1. The van der Waals surface area contributed by atoms with Gasteiger partial charge in [0.2, 0.25) is 5.91 Å². The number of ether oxygens (including phenoxy) is 1. The highest BCUT2D eigenvalue weighted by molar-refractivity contribution is 5.77. The van der Waals surface area contributed by atoms with Crippen LogP contribution in [0.15, 0.2) is 97.2 Å². The van der Waals surface area contributed by atoms with Crippen molar-refractivity contribution in [2.24, 2.45) is 0 Å². The number of carbonyl (C=O) groups is 2. The van der Waals surface area contributed by atoms with Gasteiger partial charge in [0.05, 0.1) is 25.2 Å². The highest BCUT2D eigenvalue weighted by atomic mass is 16.5. The van der Waals surface area contributed by atoms with Crippen molar-refractivity contribution >= 4 is 11.9 Å². The average Bonchev–Trinajstić information content (AvgIpc) is 3.30. The molecule has 372 valence electrons. The van der Waals surface area contributed by atoms with E-state index in [1.807, 2.05) is 36.5 Å². The predicted molar refractivity (Wildman–Crippen MR) is 282 cm³/mol. The normalized spacial score (nSPS) is 14.0. The number of hydrogen-bond donors (Lipinski definition) is 3. The lowest BCUT2D eigenvalue weighted by atomic mass is 10.0. The van der Waals surface area contributed by atoms with E-state index in [4.69, 9.17) is 4.74 Å². The first kappa shape index (κ1) is 61.8. The summed E-state index contributed by atoms with van der Waals surface area (Å²) in [4.78, 5) is 26.2. The third-order valence-electron chi connectivity index (χ3n) is 11.8. The largest absolute Gasteiger partial charge is 0.462 e. The molecule has 0 saturated carbocycles. The smallest absolute Gasteiger partial charge is 0.306 e. The first-order valence-corrected chi connectivity index (χ1v) is 27.1. The van der Waals surface area contributed by atoms with Crippen molar-refractivity contribution < 1.29 is 24.5 Å². The molecule has 6 nitrogen and oxygen atoms in total. The van der Waals surface area contributed by atoms with Crippen LogP contribution in [0.2, 0.25) is 0 Å². The van der Waals surface area contributed by atoms with Crippen LogP contribution in [0.1, 0.15) is 239 Å². The minimum absolute atomic E-state index is 0.0304. The van der Waals surface area contributed by atoms with Gasteiger partial charge in [-0.2, -0.15) is 0 Å². The van der Waals surface area contributed by atoms with Gasteiger partial charge in [-0.15, -0.1) is 0 Å². The van der Waals surface area contributed by atoms with Crippen molar-refractivity contribution in [3.63, 3.8) is 0 Å². The molecule has 0 saturated heterocycles. The molecule has 3 unspecified atom stereocenters. The topological polar surface area (TPSA) is 95.9 Å². The zero-order chi connectivity index (χ0) is 47.4. The van der Waals surface area contributed by atoms with Gasteiger partial charge in [-0.3, -0.25) is 9.59 Å². The van der Waals surface area contributed by atoms with Crippen molar-refractivity contribution in [3.8, 4) is 0 Å². The van der Waals surface area contributed by atoms with Gasteiger partial charge in [0.25, 0.3) is 0 Å². The maximum Gasteiger partial charge on any atom is 0.306 e. The van der Waals surface area contributed by atoms with Gasteiger partial charge < -0.3 is 20.3 Å². The van der Waals surface area contributed by atoms with E-state index in [0.717, 1.165) is 83.5 Å². The Morgan fingerprint density at radius 1 is 0.462 bits per heavy atom. The molecular weight excluding hydrogens is 803 g/mol. The van der Waals surface area contributed by atoms with Gasteiger partial charge in [0.1, 0.15) is 6.10 Å². The minimum atomic E-state index is -0.812. The van der Waals surface area contributed by atoms with Gasteiger partial charge >= 0.3 is 5.97 Å². The molecule has 0 aliphatic heterocycles. The van der Waals surface area contributed by atoms with E-state index in [2.05, 4.69) is 86.8 Å². The fourth-order valence-corrected chi connectivity index (χ4v) is 7.75. The number of hydrogen-bond acceptors (Lipinski definition) is 5. The molecule has 0 aromatic rings. The summed E-state index contributed by atoms with van der Waals surface area (Å²) >= 11 is 0.